The highest BCUT2D eigenvalue weighted by Gasteiger charge is 2.12. The number of hydrogen-bond donors (Lipinski definition) is 1. The summed E-state index contributed by atoms with van der Waals surface area (Å²) in [6, 6.07) is 16.5. The Kier molecular flexibility index (Phi) is 6.09. The van der Waals surface area contributed by atoms with Gasteiger partial charge in [-0.15, -0.1) is 0 Å². The van der Waals surface area contributed by atoms with Crippen molar-refractivity contribution in [2.45, 2.75) is 6.54 Å². The molecule has 0 saturated carbocycles. The number of nitrogens with one attached hydrogen (secondary N) is 1. The number of morpholine rings is 1. The van der Waals surface area contributed by atoms with Crippen LogP contribution in [-0.2, 0) is 11.3 Å². The second-order valence-electron chi connectivity index (χ2n) is 6.69. The van der Waals surface area contributed by atoms with Gasteiger partial charge in [0.25, 0.3) is 5.91 Å². The number of nitrogens with zero attached hydrogens (tertiary/aromatic N) is 3. The summed E-state index contributed by atoms with van der Waals surface area (Å²) in [5.74, 6) is 1.36. The zero-order valence-electron chi connectivity index (χ0n) is 16.0. The topological polar surface area (TPSA) is 76.6 Å². The summed E-state index contributed by atoms with van der Waals surface area (Å²) in [6.45, 7) is 4.22. The predicted octanol–water partition coefficient (Wildman–Crippen LogP) is 3.35. The van der Waals surface area contributed by atoms with Gasteiger partial charge in [0.2, 0.25) is 5.88 Å². The maximum absolute atomic E-state index is 12.4. The van der Waals surface area contributed by atoms with Crippen molar-refractivity contribution in [3.63, 3.8) is 0 Å². The van der Waals surface area contributed by atoms with Crippen molar-refractivity contribution in [3.8, 4) is 11.6 Å². The van der Waals surface area contributed by atoms with E-state index in [-0.39, 0.29) is 5.91 Å². The number of benzene rings is 1. The zero-order valence-corrected chi connectivity index (χ0v) is 16.0. The van der Waals surface area contributed by atoms with Crippen LogP contribution in [0.5, 0.6) is 11.6 Å². The van der Waals surface area contributed by atoms with Gasteiger partial charge in [-0.2, -0.15) is 0 Å². The molecule has 1 aliphatic heterocycles. The summed E-state index contributed by atoms with van der Waals surface area (Å²) >= 11 is 0. The SMILES string of the molecule is O=C(Nc1ccc(CN2CCOCC2)cn1)c1ccc(Oc2ccccc2)nc1. The van der Waals surface area contributed by atoms with Crippen LogP contribution >= 0.6 is 0 Å². The molecule has 1 saturated heterocycles. The number of pyridine rings is 2. The van der Waals surface area contributed by atoms with E-state index < -0.39 is 0 Å². The summed E-state index contributed by atoms with van der Waals surface area (Å²) in [7, 11) is 0. The van der Waals surface area contributed by atoms with Gasteiger partial charge in [-0.05, 0) is 29.8 Å². The predicted molar refractivity (Wildman–Crippen MR) is 109 cm³/mol. The van der Waals surface area contributed by atoms with Crippen molar-refractivity contribution in [2.75, 3.05) is 31.6 Å². The van der Waals surface area contributed by atoms with Crippen molar-refractivity contribution >= 4 is 11.7 Å². The smallest absolute Gasteiger partial charge is 0.258 e. The third kappa shape index (κ3) is 5.37. The molecule has 29 heavy (non-hydrogen) atoms. The highest BCUT2D eigenvalue weighted by atomic mass is 16.5. The van der Waals surface area contributed by atoms with E-state index in [0.717, 1.165) is 38.4 Å². The van der Waals surface area contributed by atoms with Crippen molar-refractivity contribution in [3.05, 3.63) is 78.1 Å². The van der Waals surface area contributed by atoms with Crippen LogP contribution in [0.25, 0.3) is 0 Å². The van der Waals surface area contributed by atoms with Crippen molar-refractivity contribution < 1.29 is 14.3 Å². The van der Waals surface area contributed by atoms with E-state index in [1.807, 2.05) is 42.5 Å². The summed E-state index contributed by atoms with van der Waals surface area (Å²) < 4.78 is 11.0. The Balaban J connectivity index is 1.32. The van der Waals surface area contributed by atoms with Gasteiger partial charge in [0.1, 0.15) is 11.6 Å². The highest BCUT2D eigenvalue weighted by molar-refractivity contribution is 6.03. The average molecular weight is 390 g/mol. The van der Waals surface area contributed by atoms with Crippen LogP contribution in [0.2, 0.25) is 0 Å². The van der Waals surface area contributed by atoms with Crippen molar-refractivity contribution in [1.82, 2.24) is 14.9 Å². The first-order valence-corrected chi connectivity index (χ1v) is 9.51. The van der Waals surface area contributed by atoms with Crippen LogP contribution in [0.15, 0.2) is 67.0 Å². The number of carbonyl (C=O) groups is 1. The van der Waals surface area contributed by atoms with Gasteiger partial charge in [-0.3, -0.25) is 9.69 Å². The Labute approximate surface area is 169 Å². The Morgan fingerprint density at radius 2 is 1.83 bits per heavy atom. The fourth-order valence-corrected chi connectivity index (χ4v) is 2.98. The van der Waals surface area contributed by atoms with Gasteiger partial charge in [0.15, 0.2) is 0 Å². The molecule has 7 nitrogen and oxygen atoms in total. The summed E-state index contributed by atoms with van der Waals surface area (Å²) in [5, 5.41) is 2.79. The third-order valence-corrected chi connectivity index (χ3v) is 4.54. The zero-order chi connectivity index (χ0) is 19.9. The number of anilines is 1. The number of amides is 1. The summed E-state index contributed by atoms with van der Waals surface area (Å²) in [4.78, 5) is 23.3. The Hall–Kier alpha value is -3.29. The minimum absolute atomic E-state index is 0.266. The lowest BCUT2D eigenvalue weighted by Gasteiger charge is -2.26. The van der Waals surface area contributed by atoms with Gasteiger partial charge in [-0.25, -0.2) is 9.97 Å². The van der Waals surface area contributed by atoms with Gasteiger partial charge < -0.3 is 14.8 Å². The number of para-hydroxylation sites is 1. The van der Waals surface area contributed by atoms with Crippen LogP contribution in [0.1, 0.15) is 15.9 Å². The largest absolute Gasteiger partial charge is 0.439 e. The van der Waals surface area contributed by atoms with Crippen LogP contribution < -0.4 is 10.1 Å². The number of rotatable bonds is 6. The van der Waals surface area contributed by atoms with E-state index in [9.17, 15) is 4.79 Å². The molecule has 1 fully saturated rings. The number of carbonyl (C=O) groups excluding carboxylic acids is 1. The minimum Gasteiger partial charge on any atom is -0.439 e. The number of ether oxygens (including phenoxy) is 2. The quantitative estimate of drug-likeness (QED) is 0.696. The molecule has 3 heterocycles. The Morgan fingerprint density at radius 3 is 2.52 bits per heavy atom. The molecular formula is C22H22N4O3. The molecule has 3 aromatic rings. The van der Waals surface area contributed by atoms with E-state index in [4.69, 9.17) is 9.47 Å². The van der Waals surface area contributed by atoms with E-state index >= 15 is 0 Å². The second-order valence-corrected chi connectivity index (χ2v) is 6.69. The van der Waals surface area contributed by atoms with Crippen LogP contribution in [0.4, 0.5) is 5.82 Å². The molecule has 0 unspecified atom stereocenters. The molecule has 148 valence electrons. The fraction of sp³-hybridized carbons (Fsp3) is 0.227. The molecule has 1 aromatic carbocycles. The van der Waals surface area contributed by atoms with E-state index in [1.54, 1.807) is 18.3 Å². The van der Waals surface area contributed by atoms with Crippen molar-refractivity contribution in [2.24, 2.45) is 0 Å². The maximum atomic E-state index is 12.4. The molecule has 0 aliphatic carbocycles. The molecule has 1 N–H and O–H groups in total. The molecule has 7 heteroatoms. The van der Waals surface area contributed by atoms with Crippen LogP contribution in [-0.4, -0.2) is 47.1 Å². The maximum Gasteiger partial charge on any atom is 0.258 e. The van der Waals surface area contributed by atoms with Crippen LogP contribution in [0, 0.1) is 0 Å². The molecule has 0 atom stereocenters. The molecule has 0 spiro atoms. The highest BCUT2D eigenvalue weighted by Crippen LogP contribution is 2.19. The number of hydrogen-bond acceptors (Lipinski definition) is 6. The molecule has 2 aromatic heterocycles. The van der Waals surface area contributed by atoms with Gasteiger partial charge in [-0.1, -0.05) is 24.3 Å². The van der Waals surface area contributed by atoms with E-state index in [2.05, 4.69) is 20.2 Å². The first-order valence-electron chi connectivity index (χ1n) is 9.51. The molecule has 0 bridgehead atoms. The lowest BCUT2D eigenvalue weighted by Crippen LogP contribution is -2.35. The first kappa shape index (κ1) is 19.0. The van der Waals surface area contributed by atoms with E-state index in [0.29, 0.717) is 23.0 Å². The van der Waals surface area contributed by atoms with Gasteiger partial charge in [0.05, 0.1) is 18.8 Å². The van der Waals surface area contributed by atoms with Gasteiger partial charge in [0, 0.05) is 38.1 Å². The molecular weight excluding hydrogens is 368 g/mol. The average Bonchev–Trinajstić information content (AvgIpc) is 2.77. The van der Waals surface area contributed by atoms with Gasteiger partial charge >= 0.3 is 0 Å². The molecule has 1 aliphatic rings. The monoisotopic (exact) mass is 390 g/mol. The lowest BCUT2D eigenvalue weighted by molar-refractivity contribution is 0.0341. The Morgan fingerprint density at radius 1 is 1.00 bits per heavy atom. The second kappa shape index (κ2) is 9.27. The fourth-order valence-electron chi connectivity index (χ4n) is 2.98. The molecule has 0 radical (unpaired) electrons. The lowest BCUT2D eigenvalue weighted by atomic mass is 10.2. The standard InChI is InChI=1S/C22H22N4O3/c27-22(18-7-9-21(24-15-18)29-19-4-2-1-3-5-19)25-20-8-6-17(14-23-20)16-26-10-12-28-13-11-26/h1-9,14-15H,10-13,16H2,(H,23,25,27). The third-order valence-electron chi connectivity index (χ3n) is 4.54. The minimum atomic E-state index is -0.266. The Bertz CT molecular complexity index is 925. The normalized spacial score (nSPS) is 14.3. The first-order chi connectivity index (χ1) is 14.3. The number of aromatic nitrogens is 2. The molecule has 1 amide bonds. The van der Waals surface area contributed by atoms with E-state index in [1.165, 1.54) is 6.20 Å². The van der Waals surface area contributed by atoms with Crippen LogP contribution in [0.3, 0.4) is 0 Å². The molecule has 4 rings (SSSR count). The van der Waals surface area contributed by atoms with Crippen molar-refractivity contribution in [1.29, 1.82) is 0 Å². The summed E-state index contributed by atoms with van der Waals surface area (Å²) in [6.07, 6.45) is 3.28. The summed E-state index contributed by atoms with van der Waals surface area (Å²) in [5.41, 5.74) is 1.54.